The molecule has 1 aromatic rings. The molecule has 0 radical (unpaired) electrons. The molecule has 0 aliphatic carbocycles. The minimum absolute atomic E-state index is 0. The van der Waals surface area contributed by atoms with Gasteiger partial charge in [0.15, 0.2) is 0 Å². The van der Waals surface area contributed by atoms with E-state index in [1.54, 1.807) is 0 Å². The molecule has 0 heterocycles. The fourth-order valence-electron chi connectivity index (χ4n) is 1.24. The van der Waals surface area contributed by atoms with Gasteiger partial charge in [0.05, 0.1) is 0 Å². The van der Waals surface area contributed by atoms with Gasteiger partial charge < -0.3 is 0 Å². The van der Waals surface area contributed by atoms with Crippen LogP contribution in [0.1, 0.15) is 53.2 Å². The predicted octanol–water partition coefficient (Wildman–Crippen LogP) is 4.82. The largest absolute Gasteiger partial charge is 0.120 e. The average molecular weight is 218 g/mol. The van der Waals surface area contributed by atoms with E-state index < -0.39 is 0 Å². The molecule has 0 saturated carbocycles. The third-order valence-corrected chi connectivity index (χ3v) is 2.13. The molecular weight excluding hydrogens is 192 g/mol. The van der Waals surface area contributed by atoms with Crippen molar-refractivity contribution in [2.24, 2.45) is 0 Å². The standard InChI is InChI=1S/C13H16.C2H6.CH4/c1-5-6-11-7-9-12(10-8-11)13(2,3)4;1-2;/h1,7-10H,6H2,2-4H3;1-2H3;1H4. The molecule has 90 valence electrons. The molecule has 0 spiro atoms. The Labute approximate surface area is 102 Å². The lowest BCUT2D eigenvalue weighted by molar-refractivity contribution is 0.590. The van der Waals surface area contributed by atoms with E-state index in [0.29, 0.717) is 0 Å². The maximum absolute atomic E-state index is 5.23. The molecule has 0 nitrogen and oxygen atoms in total. The highest BCUT2D eigenvalue weighted by Gasteiger charge is 2.12. The maximum Gasteiger partial charge on any atom is 0.0337 e. The number of benzene rings is 1. The van der Waals surface area contributed by atoms with Crippen LogP contribution in [-0.4, -0.2) is 0 Å². The molecule has 1 aromatic carbocycles. The quantitative estimate of drug-likeness (QED) is 0.593. The van der Waals surface area contributed by atoms with E-state index in [1.807, 2.05) is 13.8 Å². The van der Waals surface area contributed by atoms with E-state index in [2.05, 4.69) is 51.0 Å². The van der Waals surface area contributed by atoms with Crippen molar-refractivity contribution in [3.63, 3.8) is 0 Å². The lowest BCUT2D eigenvalue weighted by Crippen LogP contribution is -2.10. The van der Waals surface area contributed by atoms with Crippen LogP contribution in [-0.2, 0) is 11.8 Å². The average Bonchev–Trinajstić information content (AvgIpc) is 2.21. The fourth-order valence-corrected chi connectivity index (χ4v) is 1.24. The third-order valence-electron chi connectivity index (χ3n) is 2.13. The van der Waals surface area contributed by atoms with E-state index in [4.69, 9.17) is 6.42 Å². The summed E-state index contributed by atoms with van der Waals surface area (Å²) in [6.45, 7) is 10.6. The van der Waals surface area contributed by atoms with Crippen molar-refractivity contribution in [3.05, 3.63) is 35.4 Å². The van der Waals surface area contributed by atoms with Crippen LogP contribution in [0.3, 0.4) is 0 Å². The summed E-state index contributed by atoms with van der Waals surface area (Å²) in [5.74, 6) is 2.64. The molecule has 0 fully saturated rings. The van der Waals surface area contributed by atoms with E-state index in [-0.39, 0.29) is 12.8 Å². The minimum Gasteiger partial charge on any atom is -0.120 e. The Morgan fingerprint density at radius 2 is 1.50 bits per heavy atom. The normalized spacial score (nSPS) is 9.25. The van der Waals surface area contributed by atoms with Crippen molar-refractivity contribution >= 4 is 0 Å². The van der Waals surface area contributed by atoms with Gasteiger partial charge in [0, 0.05) is 6.42 Å². The summed E-state index contributed by atoms with van der Waals surface area (Å²) < 4.78 is 0. The third kappa shape index (κ3) is 5.61. The zero-order valence-corrected chi connectivity index (χ0v) is 10.6. The van der Waals surface area contributed by atoms with Gasteiger partial charge in [0.1, 0.15) is 0 Å². The summed E-state index contributed by atoms with van der Waals surface area (Å²) in [5, 5.41) is 0. The molecule has 0 unspecified atom stereocenters. The molecular formula is C16H26. The lowest BCUT2D eigenvalue weighted by atomic mass is 9.86. The Hall–Kier alpha value is -1.22. The topological polar surface area (TPSA) is 0 Å². The van der Waals surface area contributed by atoms with Crippen LogP contribution >= 0.6 is 0 Å². The summed E-state index contributed by atoms with van der Waals surface area (Å²) in [4.78, 5) is 0. The highest BCUT2D eigenvalue weighted by molar-refractivity contribution is 5.29. The maximum atomic E-state index is 5.23. The van der Waals surface area contributed by atoms with Gasteiger partial charge >= 0.3 is 0 Å². The van der Waals surface area contributed by atoms with E-state index in [0.717, 1.165) is 6.42 Å². The van der Waals surface area contributed by atoms with Gasteiger partial charge in [-0.05, 0) is 16.5 Å². The highest BCUT2D eigenvalue weighted by Crippen LogP contribution is 2.22. The first-order valence-electron chi connectivity index (χ1n) is 5.57. The molecule has 0 bridgehead atoms. The number of hydrogen-bond acceptors (Lipinski definition) is 0. The van der Waals surface area contributed by atoms with Crippen LogP contribution in [0.15, 0.2) is 24.3 Å². The Kier molecular flexibility index (Phi) is 8.58. The number of terminal acetylenes is 1. The van der Waals surface area contributed by atoms with Gasteiger partial charge in [-0.1, -0.05) is 66.3 Å². The predicted molar refractivity (Wildman–Crippen MR) is 75.8 cm³/mol. The summed E-state index contributed by atoms with van der Waals surface area (Å²) in [6.07, 6.45) is 5.96. The van der Waals surface area contributed by atoms with Crippen molar-refractivity contribution in [1.82, 2.24) is 0 Å². The van der Waals surface area contributed by atoms with Crippen LogP contribution in [0.5, 0.6) is 0 Å². The molecule has 0 N–H and O–H groups in total. The van der Waals surface area contributed by atoms with Crippen molar-refractivity contribution in [2.45, 2.75) is 53.9 Å². The molecule has 0 aliphatic heterocycles. The second kappa shape index (κ2) is 7.99. The SMILES string of the molecule is C.C#CCc1ccc(C(C)(C)C)cc1.CC. The zero-order valence-electron chi connectivity index (χ0n) is 10.6. The van der Waals surface area contributed by atoms with Crippen molar-refractivity contribution in [2.75, 3.05) is 0 Å². The Morgan fingerprint density at radius 1 is 1.06 bits per heavy atom. The lowest BCUT2D eigenvalue weighted by Gasteiger charge is -2.18. The molecule has 0 atom stereocenters. The van der Waals surface area contributed by atoms with Gasteiger partial charge in [0.2, 0.25) is 0 Å². The molecule has 0 aliphatic rings. The van der Waals surface area contributed by atoms with Crippen molar-refractivity contribution < 1.29 is 0 Å². The van der Waals surface area contributed by atoms with Crippen LogP contribution < -0.4 is 0 Å². The number of hydrogen-bond donors (Lipinski definition) is 0. The van der Waals surface area contributed by atoms with Gasteiger partial charge in [-0.2, -0.15) is 0 Å². The van der Waals surface area contributed by atoms with Crippen LogP contribution in [0, 0.1) is 12.3 Å². The van der Waals surface area contributed by atoms with Crippen molar-refractivity contribution in [1.29, 1.82) is 0 Å². The molecule has 0 heteroatoms. The molecule has 0 saturated heterocycles. The smallest absolute Gasteiger partial charge is 0.0337 e. The minimum atomic E-state index is 0. The van der Waals surface area contributed by atoms with Gasteiger partial charge in [-0.3, -0.25) is 0 Å². The molecule has 0 aromatic heterocycles. The summed E-state index contributed by atoms with van der Waals surface area (Å²) >= 11 is 0. The van der Waals surface area contributed by atoms with Gasteiger partial charge in [-0.25, -0.2) is 0 Å². The Balaban J connectivity index is 0. The highest BCUT2D eigenvalue weighted by atomic mass is 14.2. The summed E-state index contributed by atoms with van der Waals surface area (Å²) in [5.41, 5.74) is 2.80. The van der Waals surface area contributed by atoms with E-state index >= 15 is 0 Å². The first-order chi connectivity index (χ1) is 7.04. The van der Waals surface area contributed by atoms with E-state index in [1.165, 1.54) is 11.1 Å². The Morgan fingerprint density at radius 3 is 1.81 bits per heavy atom. The fraction of sp³-hybridized carbons (Fsp3) is 0.500. The second-order valence-corrected chi connectivity index (χ2v) is 4.33. The summed E-state index contributed by atoms with van der Waals surface area (Å²) in [6, 6.07) is 8.54. The summed E-state index contributed by atoms with van der Waals surface area (Å²) in [7, 11) is 0. The van der Waals surface area contributed by atoms with Crippen molar-refractivity contribution in [3.8, 4) is 12.3 Å². The monoisotopic (exact) mass is 218 g/mol. The Bertz CT molecular complexity index is 303. The van der Waals surface area contributed by atoms with Gasteiger partial charge in [-0.15, -0.1) is 12.3 Å². The first kappa shape index (κ1) is 17.2. The molecule has 0 amide bonds. The zero-order chi connectivity index (χ0) is 11.9. The first-order valence-corrected chi connectivity index (χ1v) is 5.57. The molecule has 16 heavy (non-hydrogen) atoms. The van der Waals surface area contributed by atoms with E-state index in [9.17, 15) is 0 Å². The molecule has 1 rings (SSSR count). The van der Waals surface area contributed by atoms with Crippen LogP contribution in [0.25, 0.3) is 0 Å². The van der Waals surface area contributed by atoms with Crippen LogP contribution in [0.4, 0.5) is 0 Å². The number of rotatable bonds is 1. The van der Waals surface area contributed by atoms with Crippen LogP contribution in [0.2, 0.25) is 0 Å². The van der Waals surface area contributed by atoms with Gasteiger partial charge in [0.25, 0.3) is 0 Å². The second-order valence-electron chi connectivity index (χ2n) is 4.33.